The van der Waals surface area contributed by atoms with Gasteiger partial charge in [-0.3, -0.25) is 4.79 Å². The molecule has 0 aliphatic heterocycles. The third-order valence-corrected chi connectivity index (χ3v) is 1.02. The van der Waals surface area contributed by atoms with Gasteiger partial charge in [0.25, 0.3) is 0 Å². The Bertz CT molecular complexity index is 192. The number of alkyl halides is 3. The standard InChI is InChI=1S/C3H3F3N2O2S/c4-3(5,6)1(9)8(11)2(7)10/h11H,(H2,7,10). The Kier molecular flexibility index (Phi) is 2.74. The second-order valence-electron chi connectivity index (χ2n) is 1.45. The zero-order valence-electron chi connectivity index (χ0n) is 4.92. The number of nitrogens with zero attached hydrogens (tertiary/aromatic N) is 1. The molecule has 0 unspecified atom stereocenters. The van der Waals surface area contributed by atoms with Gasteiger partial charge in [-0.2, -0.15) is 17.5 Å². The van der Waals surface area contributed by atoms with E-state index in [-0.39, 0.29) is 0 Å². The van der Waals surface area contributed by atoms with Crippen LogP contribution in [-0.4, -0.2) is 22.4 Å². The lowest BCUT2D eigenvalue weighted by molar-refractivity contribution is -0.177. The molecular formula is C3H3F3N2O2S. The molecule has 0 saturated heterocycles. The number of thiol groups is 1. The smallest absolute Gasteiger partial charge is 0.350 e. The summed E-state index contributed by atoms with van der Waals surface area (Å²) in [5.74, 6) is -2.41. The van der Waals surface area contributed by atoms with E-state index >= 15 is 0 Å². The van der Waals surface area contributed by atoms with Crippen molar-refractivity contribution in [2.24, 2.45) is 5.73 Å². The summed E-state index contributed by atoms with van der Waals surface area (Å²) in [6, 6.07) is -1.57. The maximum Gasteiger partial charge on any atom is 0.472 e. The average Bonchev–Trinajstić information content (AvgIpc) is 1.82. The summed E-state index contributed by atoms with van der Waals surface area (Å²) < 4.78 is 33.7. The van der Waals surface area contributed by atoms with Crippen molar-refractivity contribution in [3.63, 3.8) is 0 Å². The number of rotatable bonds is 0. The van der Waals surface area contributed by atoms with Crippen LogP contribution < -0.4 is 5.73 Å². The molecule has 0 radical (unpaired) electrons. The van der Waals surface area contributed by atoms with E-state index in [0.29, 0.717) is 0 Å². The molecule has 0 spiro atoms. The molecule has 0 aromatic carbocycles. The monoisotopic (exact) mass is 188 g/mol. The molecule has 0 saturated carbocycles. The summed E-state index contributed by atoms with van der Waals surface area (Å²) in [4.78, 5) is 20.0. The molecular weight excluding hydrogens is 185 g/mol. The minimum Gasteiger partial charge on any atom is -0.350 e. The fourth-order valence-corrected chi connectivity index (χ4v) is 0.334. The van der Waals surface area contributed by atoms with Crippen molar-refractivity contribution in [1.29, 1.82) is 0 Å². The first-order valence-corrected chi connectivity index (χ1v) is 2.56. The molecule has 4 nitrogen and oxygen atoms in total. The number of nitrogens with two attached hydrogens (primary N) is 1. The zero-order valence-corrected chi connectivity index (χ0v) is 5.82. The van der Waals surface area contributed by atoms with E-state index in [1.807, 2.05) is 0 Å². The summed E-state index contributed by atoms with van der Waals surface area (Å²) in [5, 5.41) is 0. The van der Waals surface area contributed by atoms with E-state index in [2.05, 4.69) is 18.5 Å². The molecule has 8 heteroatoms. The maximum atomic E-state index is 11.4. The first-order valence-electron chi connectivity index (χ1n) is 2.16. The van der Waals surface area contributed by atoms with Crippen LogP contribution in [0.25, 0.3) is 0 Å². The first kappa shape index (κ1) is 10.1. The summed E-state index contributed by atoms with van der Waals surface area (Å²) in [6.07, 6.45) is -5.13. The van der Waals surface area contributed by atoms with Gasteiger partial charge in [0.05, 0.1) is 0 Å². The van der Waals surface area contributed by atoms with Crippen LogP contribution in [0.15, 0.2) is 0 Å². The van der Waals surface area contributed by atoms with Gasteiger partial charge >= 0.3 is 18.1 Å². The molecule has 0 heterocycles. The quantitative estimate of drug-likeness (QED) is 0.537. The lowest BCUT2D eigenvalue weighted by Gasteiger charge is -2.11. The van der Waals surface area contributed by atoms with E-state index in [4.69, 9.17) is 0 Å². The molecule has 0 aromatic rings. The molecule has 64 valence electrons. The van der Waals surface area contributed by atoms with Gasteiger partial charge in [-0.15, -0.1) is 0 Å². The lowest BCUT2D eigenvalue weighted by atomic mass is 10.6. The Labute approximate surface area is 64.7 Å². The number of imide groups is 1. The minimum absolute atomic E-state index is 0.514. The molecule has 0 aliphatic rings. The molecule has 0 aromatic heterocycles. The predicted molar refractivity (Wildman–Crippen MR) is 31.5 cm³/mol. The van der Waals surface area contributed by atoms with Crippen LogP contribution in [0.3, 0.4) is 0 Å². The Morgan fingerprint density at radius 3 is 1.82 bits per heavy atom. The van der Waals surface area contributed by atoms with Crippen LogP contribution in [-0.2, 0) is 4.79 Å². The minimum atomic E-state index is -5.13. The normalized spacial score (nSPS) is 10.9. The molecule has 0 aliphatic carbocycles. The number of hydrogen-bond donors (Lipinski definition) is 2. The molecule has 0 fully saturated rings. The molecule has 3 amide bonds. The van der Waals surface area contributed by atoms with Crippen molar-refractivity contribution in [2.75, 3.05) is 0 Å². The van der Waals surface area contributed by atoms with Gasteiger partial charge in [0.2, 0.25) is 0 Å². The topological polar surface area (TPSA) is 63.4 Å². The number of carbonyl (C=O) groups excluding carboxylic acids is 2. The Morgan fingerprint density at radius 2 is 1.73 bits per heavy atom. The van der Waals surface area contributed by atoms with Crippen LogP contribution in [0, 0.1) is 0 Å². The summed E-state index contributed by atoms with van der Waals surface area (Å²) in [7, 11) is 0. The second-order valence-corrected chi connectivity index (χ2v) is 1.85. The van der Waals surface area contributed by atoms with Crippen molar-refractivity contribution in [3.05, 3.63) is 0 Å². The number of halogens is 3. The van der Waals surface area contributed by atoms with Crippen molar-refractivity contribution in [3.8, 4) is 0 Å². The van der Waals surface area contributed by atoms with Gasteiger partial charge in [-0.1, -0.05) is 12.8 Å². The van der Waals surface area contributed by atoms with E-state index < -0.39 is 22.4 Å². The van der Waals surface area contributed by atoms with Crippen molar-refractivity contribution < 1.29 is 22.8 Å². The number of amides is 3. The Hall–Kier alpha value is -0.920. The third kappa shape index (κ3) is 2.66. The molecule has 0 rings (SSSR count). The molecule has 11 heavy (non-hydrogen) atoms. The maximum absolute atomic E-state index is 11.4. The lowest BCUT2D eigenvalue weighted by Crippen LogP contribution is -2.41. The first-order chi connectivity index (χ1) is 4.76. The number of hydrogen-bond acceptors (Lipinski definition) is 3. The van der Waals surface area contributed by atoms with Crippen molar-refractivity contribution in [1.82, 2.24) is 4.31 Å². The van der Waals surface area contributed by atoms with Crippen LogP contribution >= 0.6 is 12.8 Å². The van der Waals surface area contributed by atoms with Gasteiger partial charge in [-0.25, -0.2) is 4.79 Å². The number of carbonyl (C=O) groups is 2. The van der Waals surface area contributed by atoms with E-state index in [9.17, 15) is 22.8 Å². The van der Waals surface area contributed by atoms with E-state index in [1.54, 1.807) is 0 Å². The Morgan fingerprint density at radius 1 is 1.36 bits per heavy atom. The van der Waals surface area contributed by atoms with Crippen LogP contribution in [0.1, 0.15) is 0 Å². The van der Waals surface area contributed by atoms with Gasteiger partial charge < -0.3 is 5.73 Å². The van der Waals surface area contributed by atoms with Gasteiger partial charge in [0, 0.05) is 0 Å². The van der Waals surface area contributed by atoms with Gasteiger partial charge in [0.15, 0.2) is 0 Å². The average molecular weight is 188 g/mol. The van der Waals surface area contributed by atoms with Crippen LogP contribution in [0.4, 0.5) is 18.0 Å². The SMILES string of the molecule is NC(=O)N(S)C(=O)C(F)(F)F. The highest BCUT2D eigenvalue weighted by Gasteiger charge is 2.43. The summed E-state index contributed by atoms with van der Waals surface area (Å²) in [5.41, 5.74) is 4.32. The molecule has 0 atom stereocenters. The van der Waals surface area contributed by atoms with Crippen molar-refractivity contribution in [2.45, 2.75) is 6.18 Å². The highest BCUT2D eigenvalue weighted by molar-refractivity contribution is 7.79. The van der Waals surface area contributed by atoms with Gasteiger partial charge in [-0.05, 0) is 0 Å². The van der Waals surface area contributed by atoms with Crippen molar-refractivity contribution >= 4 is 24.8 Å². The highest BCUT2D eigenvalue weighted by atomic mass is 32.1. The summed E-state index contributed by atoms with van der Waals surface area (Å²) in [6.45, 7) is 0. The number of primary amides is 1. The van der Waals surface area contributed by atoms with Crippen LogP contribution in [0.5, 0.6) is 0 Å². The highest BCUT2D eigenvalue weighted by Crippen LogP contribution is 2.18. The largest absolute Gasteiger partial charge is 0.472 e. The second kappa shape index (κ2) is 2.99. The fourth-order valence-electron chi connectivity index (χ4n) is 0.220. The summed E-state index contributed by atoms with van der Waals surface area (Å²) >= 11 is 2.90. The predicted octanol–water partition coefficient (Wildman–Crippen LogP) is 0.301. The molecule has 2 N–H and O–H groups in total. The van der Waals surface area contributed by atoms with Gasteiger partial charge in [0.1, 0.15) is 0 Å². The third-order valence-electron chi connectivity index (χ3n) is 0.644. The zero-order chi connectivity index (χ0) is 9.23. The number of urea groups is 1. The van der Waals surface area contributed by atoms with E-state index in [0.717, 1.165) is 0 Å². The van der Waals surface area contributed by atoms with E-state index in [1.165, 1.54) is 0 Å². The Balaban J connectivity index is 4.39. The molecule has 0 bridgehead atoms. The van der Waals surface area contributed by atoms with Crippen LogP contribution in [0.2, 0.25) is 0 Å². The fraction of sp³-hybridized carbons (Fsp3) is 0.333.